The van der Waals surface area contributed by atoms with Crippen LogP contribution in [0.5, 0.6) is 0 Å². The second-order valence-electron chi connectivity index (χ2n) is 6.50. The summed E-state index contributed by atoms with van der Waals surface area (Å²) >= 11 is 1.21. The predicted molar refractivity (Wildman–Crippen MR) is 117 cm³/mol. The molecule has 3 aromatic rings. The Morgan fingerprint density at radius 3 is 2.55 bits per heavy atom. The fourth-order valence-corrected chi connectivity index (χ4v) is 3.69. The second-order valence-corrected chi connectivity index (χ2v) is 7.81. The number of para-hydroxylation sites is 1. The zero-order valence-corrected chi connectivity index (χ0v) is 17.0. The van der Waals surface area contributed by atoms with Gasteiger partial charge in [0.25, 0.3) is 5.56 Å². The molecule has 1 aromatic heterocycles. The predicted octanol–water partition coefficient (Wildman–Crippen LogP) is 3.90. The Morgan fingerprint density at radius 1 is 1.21 bits per heavy atom. The zero-order chi connectivity index (χ0) is 21.0. The van der Waals surface area contributed by atoms with Crippen molar-refractivity contribution in [3.63, 3.8) is 0 Å². The summed E-state index contributed by atoms with van der Waals surface area (Å²) in [6, 6.07) is 13.8. The molecule has 0 aliphatic carbocycles. The third kappa shape index (κ3) is 4.63. The van der Waals surface area contributed by atoms with Crippen LogP contribution in [-0.4, -0.2) is 26.5 Å². The highest BCUT2D eigenvalue weighted by Crippen LogP contribution is 2.24. The van der Waals surface area contributed by atoms with E-state index >= 15 is 0 Å². The van der Waals surface area contributed by atoms with Crippen molar-refractivity contribution in [3.8, 4) is 0 Å². The van der Waals surface area contributed by atoms with Crippen LogP contribution < -0.4 is 10.9 Å². The van der Waals surface area contributed by atoms with Crippen LogP contribution >= 0.6 is 11.8 Å². The van der Waals surface area contributed by atoms with Crippen molar-refractivity contribution in [2.45, 2.75) is 30.8 Å². The Morgan fingerprint density at radius 2 is 1.90 bits per heavy atom. The van der Waals surface area contributed by atoms with Gasteiger partial charge in [-0.3, -0.25) is 19.0 Å². The van der Waals surface area contributed by atoms with Gasteiger partial charge in [-0.1, -0.05) is 30.0 Å². The molecule has 1 unspecified atom stereocenters. The number of anilines is 1. The molecule has 0 saturated heterocycles. The van der Waals surface area contributed by atoms with Gasteiger partial charge in [-0.25, -0.2) is 4.98 Å². The van der Waals surface area contributed by atoms with Crippen LogP contribution in [0.25, 0.3) is 10.9 Å². The Labute approximate surface area is 172 Å². The van der Waals surface area contributed by atoms with E-state index in [2.05, 4.69) is 16.9 Å². The molecule has 0 saturated carbocycles. The van der Waals surface area contributed by atoms with Crippen LogP contribution in [0.15, 0.2) is 71.1 Å². The Kier molecular flexibility index (Phi) is 6.29. The van der Waals surface area contributed by atoms with Crippen molar-refractivity contribution in [2.24, 2.45) is 0 Å². The summed E-state index contributed by atoms with van der Waals surface area (Å²) < 4.78 is 1.52. The molecule has 0 radical (unpaired) electrons. The monoisotopic (exact) mass is 407 g/mol. The van der Waals surface area contributed by atoms with Gasteiger partial charge in [0, 0.05) is 17.8 Å². The molecule has 1 atom stereocenters. The molecular formula is C22H21N3O3S. The number of hydrogen-bond donors (Lipinski definition) is 1. The zero-order valence-electron chi connectivity index (χ0n) is 16.2. The van der Waals surface area contributed by atoms with E-state index in [4.69, 9.17) is 0 Å². The summed E-state index contributed by atoms with van der Waals surface area (Å²) in [6.45, 7) is 7.26. The molecule has 7 heteroatoms. The molecule has 0 fully saturated rings. The van der Waals surface area contributed by atoms with Gasteiger partial charge in [0.05, 0.1) is 16.2 Å². The van der Waals surface area contributed by atoms with Gasteiger partial charge >= 0.3 is 0 Å². The third-order valence-corrected chi connectivity index (χ3v) is 5.44. The van der Waals surface area contributed by atoms with Gasteiger partial charge in [0.15, 0.2) is 10.9 Å². The molecule has 0 spiro atoms. The van der Waals surface area contributed by atoms with E-state index < -0.39 is 5.25 Å². The van der Waals surface area contributed by atoms with Crippen LogP contribution in [0.2, 0.25) is 0 Å². The smallest absolute Gasteiger partial charge is 0.262 e. The van der Waals surface area contributed by atoms with Gasteiger partial charge in [0.2, 0.25) is 5.91 Å². The Balaban J connectivity index is 1.82. The lowest BCUT2D eigenvalue weighted by atomic mass is 10.1. The number of nitrogens with zero attached hydrogens (tertiary/aromatic N) is 2. The largest absolute Gasteiger partial charge is 0.325 e. The van der Waals surface area contributed by atoms with Crippen LogP contribution in [0.1, 0.15) is 24.2 Å². The van der Waals surface area contributed by atoms with E-state index in [-0.39, 0.29) is 17.2 Å². The number of rotatable bonds is 7. The van der Waals surface area contributed by atoms with E-state index in [1.165, 1.54) is 23.3 Å². The summed E-state index contributed by atoms with van der Waals surface area (Å²) in [6.07, 6.45) is 1.63. The van der Waals surface area contributed by atoms with Crippen molar-refractivity contribution in [1.82, 2.24) is 9.55 Å². The van der Waals surface area contributed by atoms with E-state index in [1.807, 2.05) is 6.07 Å². The number of ketones is 1. The molecule has 1 amide bonds. The number of aromatic nitrogens is 2. The Hall–Kier alpha value is -3.19. The van der Waals surface area contributed by atoms with Gasteiger partial charge < -0.3 is 5.32 Å². The molecule has 1 N–H and O–H groups in total. The van der Waals surface area contributed by atoms with E-state index in [9.17, 15) is 14.4 Å². The average Bonchev–Trinajstić information content (AvgIpc) is 2.71. The molecule has 29 heavy (non-hydrogen) atoms. The molecule has 3 rings (SSSR count). The molecule has 0 bridgehead atoms. The number of carbonyl (C=O) groups excluding carboxylic acids is 2. The number of nitrogens with one attached hydrogen (secondary N) is 1. The minimum atomic E-state index is -0.494. The second kappa shape index (κ2) is 8.87. The molecule has 2 aromatic carbocycles. The molecule has 148 valence electrons. The van der Waals surface area contributed by atoms with E-state index in [0.29, 0.717) is 33.9 Å². The first-order valence-electron chi connectivity index (χ1n) is 9.09. The van der Waals surface area contributed by atoms with Crippen molar-refractivity contribution in [2.75, 3.05) is 5.32 Å². The maximum Gasteiger partial charge on any atom is 0.262 e. The average molecular weight is 407 g/mol. The van der Waals surface area contributed by atoms with Gasteiger partial charge in [-0.05, 0) is 50.2 Å². The minimum absolute atomic E-state index is 0.0330. The normalized spacial score (nSPS) is 11.8. The van der Waals surface area contributed by atoms with Gasteiger partial charge in [0.1, 0.15) is 0 Å². The van der Waals surface area contributed by atoms with Crippen molar-refractivity contribution in [1.29, 1.82) is 0 Å². The lowest BCUT2D eigenvalue weighted by Gasteiger charge is -2.15. The third-order valence-electron chi connectivity index (χ3n) is 4.35. The number of allylic oxidation sites excluding steroid dienone is 1. The first-order chi connectivity index (χ1) is 13.9. The number of hydrogen-bond acceptors (Lipinski definition) is 5. The highest BCUT2D eigenvalue weighted by molar-refractivity contribution is 8.00. The van der Waals surface area contributed by atoms with Crippen molar-refractivity contribution >= 4 is 40.0 Å². The first kappa shape index (κ1) is 20.5. The maximum atomic E-state index is 12.8. The lowest BCUT2D eigenvalue weighted by molar-refractivity contribution is -0.115. The van der Waals surface area contributed by atoms with Crippen LogP contribution in [-0.2, 0) is 11.3 Å². The summed E-state index contributed by atoms with van der Waals surface area (Å²) in [7, 11) is 0. The number of amides is 1. The van der Waals surface area contributed by atoms with Crippen LogP contribution in [0.4, 0.5) is 5.69 Å². The quantitative estimate of drug-likeness (QED) is 0.278. The van der Waals surface area contributed by atoms with Gasteiger partial charge in [-0.2, -0.15) is 0 Å². The van der Waals surface area contributed by atoms with E-state index in [1.54, 1.807) is 55.5 Å². The topological polar surface area (TPSA) is 81.1 Å². The highest BCUT2D eigenvalue weighted by Gasteiger charge is 2.19. The maximum absolute atomic E-state index is 12.8. The van der Waals surface area contributed by atoms with Crippen LogP contribution in [0.3, 0.4) is 0 Å². The number of Topliss-reactive ketones (excluding diaryl/α,β-unsaturated/α-hetero) is 1. The number of benzene rings is 2. The molecule has 1 heterocycles. The number of thioether (sulfide) groups is 1. The first-order valence-corrected chi connectivity index (χ1v) is 9.97. The molecule has 0 aliphatic heterocycles. The Bertz CT molecular complexity index is 1140. The minimum Gasteiger partial charge on any atom is -0.325 e. The molecular weight excluding hydrogens is 386 g/mol. The highest BCUT2D eigenvalue weighted by atomic mass is 32.2. The summed E-state index contributed by atoms with van der Waals surface area (Å²) in [5, 5.41) is 3.32. The van der Waals surface area contributed by atoms with Gasteiger partial charge in [-0.15, -0.1) is 6.58 Å². The number of carbonyl (C=O) groups is 2. The van der Waals surface area contributed by atoms with E-state index in [0.717, 1.165) is 0 Å². The van der Waals surface area contributed by atoms with Crippen molar-refractivity contribution < 1.29 is 9.59 Å². The molecule has 0 aliphatic rings. The van der Waals surface area contributed by atoms with Crippen LogP contribution in [0, 0.1) is 0 Å². The standard InChI is InChI=1S/C22H21N3O3S/c1-4-13-25-21(28)18-7-5-6-8-19(18)24-22(25)29-15(3)20(27)23-17-11-9-16(10-12-17)14(2)26/h4-12,15H,1,13H2,2-3H3,(H,23,27). The van der Waals surface area contributed by atoms with Crippen molar-refractivity contribution in [3.05, 3.63) is 77.1 Å². The fraction of sp³-hybridized carbons (Fsp3) is 0.182. The summed E-state index contributed by atoms with van der Waals surface area (Å²) in [5.74, 6) is -0.257. The summed E-state index contributed by atoms with van der Waals surface area (Å²) in [5.41, 5.74) is 1.61. The molecule has 6 nitrogen and oxygen atoms in total. The summed E-state index contributed by atoms with van der Waals surface area (Å²) in [4.78, 5) is 41.4. The lowest BCUT2D eigenvalue weighted by Crippen LogP contribution is -2.26. The number of fused-ring (bicyclic) bond motifs is 1. The fourth-order valence-electron chi connectivity index (χ4n) is 2.77. The SMILES string of the molecule is C=CCn1c(SC(C)C(=O)Nc2ccc(C(C)=O)cc2)nc2ccccc2c1=O.